The molecule has 1 amide bonds. The van der Waals surface area contributed by atoms with Crippen LogP contribution in [0.4, 0.5) is 0 Å². The van der Waals surface area contributed by atoms with E-state index in [1.807, 2.05) is 0 Å². The molecule has 1 aromatic rings. The second-order valence-electron chi connectivity index (χ2n) is 12.0. The van der Waals surface area contributed by atoms with Gasteiger partial charge in [-0.2, -0.15) is 0 Å². The third-order valence-electron chi connectivity index (χ3n) is 7.45. The average Bonchev–Trinajstić information content (AvgIpc) is 3.28. The summed E-state index contributed by atoms with van der Waals surface area (Å²) in [6, 6.07) is 0. The first-order chi connectivity index (χ1) is 17.8. The summed E-state index contributed by atoms with van der Waals surface area (Å²) in [6.45, 7) is 7.51. The van der Waals surface area contributed by atoms with Gasteiger partial charge in [-0.1, -0.05) is 11.3 Å². The molecular formula is C27H41N3O7S. The number of hydrogen-bond donors (Lipinski definition) is 5. The highest BCUT2D eigenvalue weighted by atomic mass is 32.1. The minimum absolute atomic E-state index is 0.0520. The number of nitrogens with zero attached hydrogens (tertiary/aromatic N) is 1. The van der Waals surface area contributed by atoms with Gasteiger partial charge in [-0.05, 0) is 88.9 Å². The Morgan fingerprint density at radius 3 is 2.16 bits per heavy atom. The molecule has 4 saturated carbocycles. The molecule has 4 aliphatic carbocycles. The van der Waals surface area contributed by atoms with Crippen molar-refractivity contribution in [3.05, 3.63) is 23.2 Å². The van der Waals surface area contributed by atoms with Crippen molar-refractivity contribution < 1.29 is 34.4 Å². The third-order valence-corrected chi connectivity index (χ3v) is 8.36. The Kier molecular flexibility index (Phi) is 10.3. The van der Waals surface area contributed by atoms with Crippen LogP contribution in [0.2, 0.25) is 0 Å². The lowest BCUT2D eigenvalue weighted by Gasteiger charge is -2.57. The molecule has 4 aliphatic rings. The lowest BCUT2D eigenvalue weighted by atomic mass is 9.49. The van der Waals surface area contributed by atoms with E-state index in [-0.39, 0.29) is 18.1 Å². The molecule has 4 fully saturated rings. The van der Waals surface area contributed by atoms with Crippen molar-refractivity contribution in [2.75, 3.05) is 19.7 Å². The van der Waals surface area contributed by atoms with E-state index in [0.29, 0.717) is 34.2 Å². The van der Waals surface area contributed by atoms with Gasteiger partial charge in [0.05, 0.1) is 6.20 Å². The number of nitrogens with one attached hydrogen (secondary N) is 2. The number of amides is 1. The molecule has 4 bridgehead atoms. The first-order valence-electron chi connectivity index (χ1n) is 13.3. The number of β-amino-alcohol motifs (C(OH)–C–C–N with tert-alkyl or cyclic N) is 1. The zero-order chi connectivity index (χ0) is 27.9. The first kappa shape index (κ1) is 30.0. The lowest BCUT2D eigenvalue weighted by Crippen LogP contribution is -2.47. The molecule has 0 saturated heterocycles. The van der Waals surface area contributed by atoms with Gasteiger partial charge in [-0.25, -0.2) is 14.6 Å². The summed E-state index contributed by atoms with van der Waals surface area (Å²) in [4.78, 5) is 36.4. The van der Waals surface area contributed by atoms with Gasteiger partial charge in [0.15, 0.2) is 0 Å². The van der Waals surface area contributed by atoms with Crippen molar-refractivity contribution in [1.29, 1.82) is 0 Å². The van der Waals surface area contributed by atoms with Crippen molar-refractivity contribution in [2.45, 2.75) is 77.4 Å². The number of rotatable bonds is 11. The van der Waals surface area contributed by atoms with Crippen LogP contribution in [0.15, 0.2) is 18.3 Å². The minimum atomic E-state index is -1.26. The number of thiazole rings is 1. The van der Waals surface area contributed by atoms with Crippen LogP contribution in [0.3, 0.4) is 0 Å². The van der Waals surface area contributed by atoms with Crippen molar-refractivity contribution >= 4 is 29.2 Å². The molecule has 5 rings (SSSR count). The molecule has 11 heteroatoms. The second kappa shape index (κ2) is 13.0. The molecule has 0 spiro atoms. The van der Waals surface area contributed by atoms with Gasteiger partial charge >= 0.3 is 11.9 Å². The van der Waals surface area contributed by atoms with E-state index in [1.165, 1.54) is 49.9 Å². The van der Waals surface area contributed by atoms with Crippen molar-refractivity contribution in [1.82, 2.24) is 15.6 Å². The fourth-order valence-corrected chi connectivity index (χ4v) is 7.04. The molecule has 1 heterocycles. The summed E-state index contributed by atoms with van der Waals surface area (Å²) in [5.74, 6) is 0.258. The zero-order valence-corrected chi connectivity index (χ0v) is 23.3. The molecule has 0 radical (unpaired) electrons. The number of aliphatic hydroxyl groups excluding tert-OH is 1. The summed E-state index contributed by atoms with van der Waals surface area (Å²) in [5.41, 5.74) is 0.435. The summed E-state index contributed by atoms with van der Waals surface area (Å²) in [5, 5.41) is 32.4. The van der Waals surface area contributed by atoms with Gasteiger partial charge in [-0.3, -0.25) is 4.79 Å². The first-order valence-corrected chi connectivity index (χ1v) is 14.1. The predicted molar refractivity (Wildman–Crippen MR) is 143 cm³/mol. The largest absolute Gasteiger partial charge is 0.478 e. The molecule has 212 valence electrons. The van der Waals surface area contributed by atoms with E-state index < -0.39 is 18.0 Å². The van der Waals surface area contributed by atoms with Gasteiger partial charge in [0.25, 0.3) is 11.1 Å². The van der Waals surface area contributed by atoms with Crippen molar-refractivity contribution in [3.8, 4) is 5.19 Å². The SMILES string of the molecule is CC(C)(C)NCC(O)COc1ncc(C(=O)NCCC23CC4CC(CC(C4)C2)C3)s1.O=C(O)/C=C\C(=O)O. The van der Waals surface area contributed by atoms with Crippen molar-refractivity contribution in [3.63, 3.8) is 0 Å². The summed E-state index contributed by atoms with van der Waals surface area (Å²) < 4.78 is 5.57. The maximum Gasteiger partial charge on any atom is 0.328 e. The Balaban J connectivity index is 0.000000436. The number of aliphatic carboxylic acids is 2. The smallest absolute Gasteiger partial charge is 0.328 e. The number of aliphatic hydroxyl groups is 1. The number of ether oxygens (including phenoxy) is 1. The molecule has 1 aromatic heterocycles. The summed E-state index contributed by atoms with van der Waals surface area (Å²) in [6.07, 6.45) is 11.7. The van der Waals surface area contributed by atoms with E-state index in [1.54, 1.807) is 6.20 Å². The standard InChI is InChI=1S/C23H37N3O3S.C4H4O4/c1-22(2,3)26-12-18(27)14-29-21-25-13-19(30-21)20(28)24-5-4-23-9-15-6-16(10-23)8-17(7-15)11-23;5-3(6)1-2-4(7)8/h13,15-18,26-27H,4-12,14H2,1-3H3,(H,24,28);1-2H,(H,5,6)(H,7,8)/b;2-1-. The van der Waals surface area contributed by atoms with Crippen LogP contribution in [0.5, 0.6) is 5.19 Å². The van der Waals surface area contributed by atoms with Gasteiger partial charge < -0.3 is 30.7 Å². The highest BCUT2D eigenvalue weighted by Gasteiger charge is 2.50. The van der Waals surface area contributed by atoms with Crippen LogP contribution < -0.4 is 15.4 Å². The van der Waals surface area contributed by atoms with Crippen LogP contribution in [-0.2, 0) is 9.59 Å². The Hall–Kier alpha value is -2.50. The fraction of sp³-hybridized carbons (Fsp3) is 0.704. The molecular weight excluding hydrogens is 510 g/mol. The molecule has 1 atom stereocenters. The third kappa shape index (κ3) is 9.67. The topological polar surface area (TPSA) is 158 Å². The van der Waals surface area contributed by atoms with Crippen LogP contribution in [0.25, 0.3) is 0 Å². The van der Waals surface area contributed by atoms with Crippen LogP contribution >= 0.6 is 11.3 Å². The maximum atomic E-state index is 12.5. The average molecular weight is 552 g/mol. The monoisotopic (exact) mass is 551 g/mol. The van der Waals surface area contributed by atoms with Gasteiger partial charge in [0, 0.05) is 30.8 Å². The summed E-state index contributed by atoms with van der Waals surface area (Å²) in [7, 11) is 0. The van der Waals surface area contributed by atoms with Gasteiger partial charge in [0.1, 0.15) is 17.6 Å². The zero-order valence-electron chi connectivity index (χ0n) is 22.4. The van der Waals surface area contributed by atoms with E-state index in [9.17, 15) is 19.5 Å². The predicted octanol–water partition coefficient (Wildman–Crippen LogP) is 3.32. The van der Waals surface area contributed by atoms with Gasteiger partial charge in [0.2, 0.25) is 0 Å². The molecule has 0 aromatic carbocycles. The molecule has 38 heavy (non-hydrogen) atoms. The number of aromatic nitrogens is 1. The van der Waals surface area contributed by atoms with Crippen LogP contribution in [0.1, 0.15) is 75.4 Å². The van der Waals surface area contributed by atoms with E-state index in [4.69, 9.17) is 14.9 Å². The Bertz CT molecular complexity index is 950. The quantitative estimate of drug-likeness (QED) is 0.260. The maximum absolute atomic E-state index is 12.5. The Morgan fingerprint density at radius 1 is 1.11 bits per heavy atom. The summed E-state index contributed by atoms with van der Waals surface area (Å²) >= 11 is 1.24. The van der Waals surface area contributed by atoms with Crippen LogP contribution in [0, 0.1) is 23.2 Å². The normalized spacial score (nSPS) is 26.5. The molecule has 5 N–H and O–H groups in total. The van der Waals surface area contributed by atoms with Crippen molar-refractivity contribution in [2.24, 2.45) is 23.2 Å². The Labute approximate surface area is 227 Å². The van der Waals surface area contributed by atoms with Gasteiger partial charge in [-0.15, -0.1) is 0 Å². The Morgan fingerprint density at radius 2 is 1.66 bits per heavy atom. The fourth-order valence-electron chi connectivity index (χ4n) is 6.35. The highest BCUT2D eigenvalue weighted by Crippen LogP contribution is 2.61. The second-order valence-corrected chi connectivity index (χ2v) is 13.0. The minimum Gasteiger partial charge on any atom is -0.478 e. The van der Waals surface area contributed by atoms with E-state index >= 15 is 0 Å². The van der Waals surface area contributed by atoms with E-state index in [0.717, 1.165) is 30.7 Å². The number of carbonyl (C=O) groups excluding carboxylic acids is 1. The number of carboxylic acid groups (broad SMARTS) is 2. The highest BCUT2D eigenvalue weighted by molar-refractivity contribution is 7.15. The number of hydrogen-bond acceptors (Lipinski definition) is 8. The number of carboxylic acids is 2. The van der Waals surface area contributed by atoms with E-state index in [2.05, 4.69) is 36.4 Å². The molecule has 10 nitrogen and oxygen atoms in total. The molecule has 0 aliphatic heterocycles. The van der Waals surface area contributed by atoms with Crippen LogP contribution in [-0.4, -0.2) is 69.5 Å². The molecule has 1 unspecified atom stereocenters. The lowest BCUT2D eigenvalue weighted by molar-refractivity contribution is -0.134. The number of carbonyl (C=O) groups is 3.